The highest BCUT2D eigenvalue weighted by atomic mass is 32.2. The fraction of sp³-hybridized carbons (Fsp3) is 0.409. The van der Waals surface area contributed by atoms with Crippen molar-refractivity contribution in [1.82, 2.24) is 4.72 Å². The highest BCUT2D eigenvalue weighted by Crippen LogP contribution is 2.28. The predicted molar refractivity (Wildman–Crippen MR) is 118 cm³/mol. The number of anilines is 1. The Morgan fingerprint density at radius 2 is 1.70 bits per heavy atom. The van der Waals surface area contributed by atoms with E-state index in [-0.39, 0.29) is 28.6 Å². The monoisotopic (exact) mass is 434 g/mol. The number of rotatable bonds is 8. The molecule has 1 amide bonds. The molecule has 2 aromatic carbocycles. The summed E-state index contributed by atoms with van der Waals surface area (Å²) in [5, 5.41) is 2.65. The largest absolute Gasteiger partial charge is 0.495 e. The number of carbonyl (C=O) groups is 1. The lowest BCUT2D eigenvalue weighted by molar-refractivity contribution is -0.118. The lowest BCUT2D eigenvalue weighted by Crippen LogP contribution is -2.30. The summed E-state index contributed by atoms with van der Waals surface area (Å²) < 4.78 is 38.1. The minimum atomic E-state index is -3.70. The van der Waals surface area contributed by atoms with E-state index in [9.17, 15) is 13.2 Å². The van der Waals surface area contributed by atoms with Gasteiger partial charge in [0.1, 0.15) is 11.5 Å². The lowest BCUT2D eigenvalue weighted by Gasteiger charge is -2.19. The Kier molecular flexibility index (Phi) is 7.49. The van der Waals surface area contributed by atoms with Crippen molar-refractivity contribution in [2.24, 2.45) is 0 Å². The van der Waals surface area contributed by atoms with Crippen LogP contribution in [0.2, 0.25) is 0 Å². The van der Waals surface area contributed by atoms with Gasteiger partial charge in [0.05, 0.1) is 17.7 Å². The van der Waals surface area contributed by atoms with Gasteiger partial charge in [-0.15, -0.1) is 0 Å². The van der Waals surface area contributed by atoms with Gasteiger partial charge in [-0.2, -0.15) is 0 Å². The van der Waals surface area contributed by atoms with Crippen molar-refractivity contribution in [2.45, 2.75) is 51.0 Å². The lowest BCUT2D eigenvalue weighted by atomic mass is 9.87. The van der Waals surface area contributed by atoms with Gasteiger partial charge in [0.15, 0.2) is 6.61 Å². The third-order valence-corrected chi connectivity index (χ3v) is 5.89. The molecule has 0 spiro atoms. The number of amides is 1. The zero-order chi connectivity index (χ0) is 22.5. The van der Waals surface area contributed by atoms with Gasteiger partial charge in [-0.25, -0.2) is 13.1 Å². The van der Waals surface area contributed by atoms with E-state index in [2.05, 4.69) is 30.8 Å². The minimum Gasteiger partial charge on any atom is -0.495 e. The zero-order valence-electron chi connectivity index (χ0n) is 18.3. The number of nitrogens with one attached hydrogen (secondary N) is 2. The first kappa shape index (κ1) is 23.7. The van der Waals surface area contributed by atoms with Gasteiger partial charge in [-0.1, -0.05) is 32.9 Å². The minimum absolute atomic E-state index is 0.0300. The Hall–Kier alpha value is -2.58. The van der Waals surface area contributed by atoms with Gasteiger partial charge in [-0.05, 0) is 55.2 Å². The number of benzene rings is 2. The molecule has 0 atom stereocenters. The van der Waals surface area contributed by atoms with Crippen molar-refractivity contribution >= 4 is 21.6 Å². The Bertz CT molecular complexity index is 978. The maximum atomic E-state index is 12.4. The Morgan fingerprint density at radius 3 is 2.23 bits per heavy atom. The molecule has 0 saturated heterocycles. The number of ether oxygens (including phenoxy) is 2. The van der Waals surface area contributed by atoms with Crippen LogP contribution in [0.5, 0.6) is 11.5 Å². The molecule has 0 radical (unpaired) electrons. The molecule has 2 aromatic rings. The van der Waals surface area contributed by atoms with Gasteiger partial charge >= 0.3 is 0 Å². The van der Waals surface area contributed by atoms with Crippen LogP contribution in [0.3, 0.4) is 0 Å². The summed E-state index contributed by atoms with van der Waals surface area (Å²) in [4.78, 5) is 12.4. The van der Waals surface area contributed by atoms with Crippen molar-refractivity contribution in [3.05, 3.63) is 48.0 Å². The molecule has 0 aliphatic rings. The first-order valence-electron chi connectivity index (χ1n) is 9.66. The van der Waals surface area contributed by atoms with Crippen LogP contribution < -0.4 is 19.5 Å². The second kappa shape index (κ2) is 9.49. The second-order valence-electron chi connectivity index (χ2n) is 8.25. The third-order valence-electron chi connectivity index (χ3n) is 4.24. The topological polar surface area (TPSA) is 93.7 Å². The van der Waals surface area contributed by atoms with E-state index >= 15 is 0 Å². The van der Waals surface area contributed by atoms with Crippen LogP contribution in [0, 0.1) is 0 Å². The van der Waals surface area contributed by atoms with Gasteiger partial charge in [0.25, 0.3) is 5.91 Å². The molecule has 0 unspecified atom stereocenters. The average Bonchev–Trinajstić information content (AvgIpc) is 2.65. The number of hydrogen-bond acceptors (Lipinski definition) is 5. The molecule has 0 heterocycles. The van der Waals surface area contributed by atoms with Crippen LogP contribution in [0.1, 0.15) is 40.2 Å². The van der Waals surface area contributed by atoms with Crippen LogP contribution in [0.4, 0.5) is 5.69 Å². The van der Waals surface area contributed by atoms with Gasteiger partial charge < -0.3 is 14.8 Å². The first-order valence-corrected chi connectivity index (χ1v) is 11.1. The first-order chi connectivity index (χ1) is 13.9. The molecule has 2 N–H and O–H groups in total. The molecular weight excluding hydrogens is 404 g/mol. The smallest absolute Gasteiger partial charge is 0.262 e. The summed E-state index contributed by atoms with van der Waals surface area (Å²) in [6, 6.07) is 11.6. The summed E-state index contributed by atoms with van der Waals surface area (Å²) in [5.74, 6) is 0.489. The van der Waals surface area contributed by atoms with Crippen molar-refractivity contribution < 1.29 is 22.7 Å². The van der Waals surface area contributed by atoms with Crippen molar-refractivity contribution in [3.63, 3.8) is 0 Å². The molecule has 0 bridgehead atoms. The average molecular weight is 435 g/mol. The number of carbonyl (C=O) groups excluding carboxylic acids is 1. The predicted octanol–water partition coefficient (Wildman–Crippen LogP) is 3.70. The maximum Gasteiger partial charge on any atom is 0.262 e. The van der Waals surface area contributed by atoms with E-state index in [0.29, 0.717) is 11.5 Å². The third kappa shape index (κ3) is 6.47. The summed E-state index contributed by atoms with van der Waals surface area (Å²) >= 11 is 0. The van der Waals surface area contributed by atoms with E-state index in [1.807, 2.05) is 24.3 Å². The van der Waals surface area contributed by atoms with E-state index in [1.54, 1.807) is 13.8 Å². The molecule has 0 aliphatic heterocycles. The molecule has 0 fully saturated rings. The van der Waals surface area contributed by atoms with Gasteiger partial charge in [0, 0.05) is 6.04 Å². The van der Waals surface area contributed by atoms with Crippen LogP contribution in [-0.4, -0.2) is 34.1 Å². The molecular formula is C22H30N2O5S. The fourth-order valence-electron chi connectivity index (χ4n) is 2.72. The Labute approximate surface area is 178 Å². The molecule has 8 heteroatoms. The Morgan fingerprint density at radius 1 is 1.07 bits per heavy atom. The summed E-state index contributed by atoms with van der Waals surface area (Å²) in [5.41, 5.74) is 1.44. The summed E-state index contributed by atoms with van der Waals surface area (Å²) in [7, 11) is -2.26. The van der Waals surface area contributed by atoms with Crippen molar-refractivity contribution in [1.29, 1.82) is 0 Å². The van der Waals surface area contributed by atoms with Crippen molar-refractivity contribution in [2.75, 3.05) is 19.0 Å². The molecule has 7 nitrogen and oxygen atoms in total. The number of methoxy groups -OCH3 is 1. The summed E-state index contributed by atoms with van der Waals surface area (Å²) in [6.45, 7) is 9.60. The van der Waals surface area contributed by atoms with Crippen molar-refractivity contribution in [3.8, 4) is 11.5 Å². The number of hydrogen-bond donors (Lipinski definition) is 2. The van der Waals surface area contributed by atoms with Crippen LogP contribution in [0.15, 0.2) is 47.4 Å². The molecule has 0 aromatic heterocycles. The van der Waals surface area contributed by atoms with E-state index in [0.717, 1.165) is 5.56 Å². The molecule has 0 saturated carbocycles. The Balaban J connectivity index is 2.09. The van der Waals surface area contributed by atoms with Crippen LogP contribution >= 0.6 is 0 Å². The quantitative estimate of drug-likeness (QED) is 0.661. The van der Waals surface area contributed by atoms with Crippen LogP contribution in [-0.2, 0) is 20.2 Å². The maximum absolute atomic E-state index is 12.4. The van der Waals surface area contributed by atoms with Crippen LogP contribution in [0.25, 0.3) is 0 Å². The molecule has 164 valence electrons. The fourth-order valence-corrected chi connectivity index (χ4v) is 3.99. The second-order valence-corrected chi connectivity index (χ2v) is 9.96. The number of sulfonamides is 1. The zero-order valence-corrected chi connectivity index (χ0v) is 19.1. The van der Waals surface area contributed by atoms with E-state index < -0.39 is 15.9 Å². The SMILES string of the molecule is COc1ccc(S(=O)(=O)NC(C)C)cc1NC(=O)COc1ccc(C(C)(C)C)cc1. The normalized spacial score (nSPS) is 12.0. The molecule has 2 rings (SSSR count). The summed E-state index contributed by atoms with van der Waals surface area (Å²) in [6.07, 6.45) is 0. The standard InChI is InChI=1S/C22H30N2O5S/c1-15(2)24-30(26,27)18-11-12-20(28-6)19(13-18)23-21(25)14-29-17-9-7-16(8-10-17)22(3,4)5/h7-13,15,24H,14H2,1-6H3,(H,23,25). The molecule has 0 aliphatic carbocycles. The molecule has 30 heavy (non-hydrogen) atoms. The highest BCUT2D eigenvalue weighted by Gasteiger charge is 2.19. The van der Waals surface area contributed by atoms with Gasteiger partial charge in [0.2, 0.25) is 10.0 Å². The van der Waals surface area contributed by atoms with Gasteiger partial charge in [-0.3, -0.25) is 4.79 Å². The van der Waals surface area contributed by atoms with E-state index in [1.165, 1.54) is 25.3 Å². The van der Waals surface area contributed by atoms with E-state index in [4.69, 9.17) is 9.47 Å². The highest BCUT2D eigenvalue weighted by molar-refractivity contribution is 7.89.